The molecule has 3 N–H and O–H groups in total. The maximum atomic E-state index is 13.5. The van der Waals surface area contributed by atoms with Crippen LogP contribution < -0.4 is 11.1 Å². The number of benzene rings is 1. The van der Waals surface area contributed by atoms with Crippen molar-refractivity contribution in [1.29, 1.82) is 0 Å². The summed E-state index contributed by atoms with van der Waals surface area (Å²) in [6.45, 7) is 0. The number of alkyl halides is 6. The van der Waals surface area contributed by atoms with Crippen molar-refractivity contribution in [2.75, 3.05) is 11.1 Å². The average molecular weight is 562 g/mol. The number of nitrogen functional groups attached to an aromatic ring is 1. The lowest BCUT2D eigenvalue weighted by atomic mass is 9.71. The summed E-state index contributed by atoms with van der Waals surface area (Å²) in [5.74, 6) is -0.671. The molecule has 0 radical (unpaired) electrons. The maximum Gasteiger partial charge on any atom is 0.416 e. The van der Waals surface area contributed by atoms with Crippen LogP contribution in [0.2, 0.25) is 0 Å². The van der Waals surface area contributed by atoms with Crippen molar-refractivity contribution in [2.45, 2.75) is 49.9 Å². The van der Waals surface area contributed by atoms with Crippen molar-refractivity contribution in [3.63, 3.8) is 0 Å². The monoisotopic (exact) mass is 562 g/mol. The molecule has 2 aliphatic rings. The Morgan fingerprint density at radius 3 is 2.42 bits per heavy atom. The summed E-state index contributed by atoms with van der Waals surface area (Å²) in [6, 6.07) is 4.40. The summed E-state index contributed by atoms with van der Waals surface area (Å²) in [4.78, 5) is 30.9. The van der Waals surface area contributed by atoms with Gasteiger partial charge in [0.25, 0.3) is 0 Å². The van der Waals surface area contributed by atoms with Crippen LogP contribution in [-0.4, -0.2) is 41.6 Å². The molecule has 1 aromatic carbocycles. The summed E-state index contributed by atoms with van der Waals surface area (Å²) in [6.07, 6.45) is -6.13. The van der Waals surface area contributed by atoms with Crippen molar-refractivity contribution in [1.82, 2.24) is 29.5 Å². The minimum absolute atomic E-state index is 0.00922. The lowest BCUT2D eigenvalue weighted by Gasteiger charge is -2.28. The van der Waals surface area contributed by atoms with Gasteiger partial charge in [0.2, 0.25) is 5.91 Å². The molecule has 6 rings (SSSR count). The van der Waals surface area contributed by atoms with Crippen molar-refractivity contribution in [2.24, 2.45) is 5.92 Å². The lowest BCUT2D eigenvalue weighted by molar-refractivity contribution is -0.137. The summed E-state index contributed by atoms with van der Waals surface area (Å²) in [5.41, 5.74) is 5.48. The second-order valence-corrected chi connectivity index (χ2v) is 9.84. The van der Waals surface area contributed by atoms with Gasteiger partial charge >= 0.3 is 12.4 Å². The van der Waals surface area contributed by atoms with Crippen molar-refractivity contribution >= 4 is 23.2 Å². The molecule has 1 aliphatic heterocycles. The van der Waals surface area contributed by atoms with E-state index in [1.165, 1.54) is 29.2 Å². The first-order valence-corrected chi connectivity index (χ1v) is 12.3. The number of amides is 1. The van der Waals surface area contributed by atoms with Gasteiger partial charge in [-0.2, -0.15) is 31.4 Å². The fourth-order valence-electron chi connectivity index (χ4n) is 5.35. The van der Waals surface area contributed by atoms with E-state index in [0.29, 0.717) is 18.4 Å². The fraction of sp³-hybridized carbons (Fsp3) is 0.360. The molecule has 4 aromatic rings. The topological polar surface area (TPSA) is 124 Å². The van der Waals surface area contributed by atoms with E-state index in [4.69, 9.17) is 5.73 Å². The predicted octanol–water partition coefficient (Wildman–Crippen LogP) is 4.72. The van der Waals surface area contributed by atoms with Gasteiger partial charge < -0.3 is 11.1 Å². The van der Waals surface area contributed by atoms with Gasteiger partial charge in [-0.1, -0.05) is 12.1 Å². The third-order valence-corrected chi connectivity index (χ3v) is 7.21. The number of rotatable bonds is 6. The zero-order valence-corrected chi connectivity index (χ0v) is 20.5. The number of halogens is 6. The summed E-state index contributed by atoms with van der Waals surface area (Å²) in [7, 11) is 0. The number of anilines is 2. The average Bonchev–Trinajstić information content (AvgIpc) is 3.52. The molecule has 1 amide bonds. The number of nitrogens with zero attached hydrogens (tertiary/aromatic N) is 6. The molecule has 9 nitrogen and oxygen atoms in total. The van der Waals surface area contributed by atoms with Crippen LogP contribution in [0.5, 0.6) is 0 Å². The SMILES string of the molecule is Nc1nc(-c2cn3ncnc3c(CCCC(F)(F)F)n2)nc2c1C(c1ccc(C(F)(F)F)cc1)(C1CC1)C(=O)N2. The molecule has 208 valence electrons. The Labute approximate surface area is 221 Å². The number of aromatic nitrogens is 6. The van der Waals surface area contributed by atoms with Crippen LogP contribution in [-0.2, 0) is 22.8 Å². The smallest absolute Gasteiger partial charge is 0.383 e. The first-order chi connectivity index (χ1) is 18.9. The van der Waals surface area contributed by atoms with E-state index in [0.717, 1.165) is 12.1 Å². The Hall–Kier alpha value is -4.30. The maximum absolute atomic E-state index is 13.5. The molecule has 40 heavy (non-hydrogen) atoms. The van der Waals surface area contributed by atoms with Gasteiger partial charge in [0.1, 0.15) is 29.1 Å². The fourth-order valence-corrected chi connectivity index (χ4v) is 5.35. The molecular weight excluding hydrogens is 542 g/mol. The molecule has 0 bridgehead atoms. The Kier molecular flexibility index (Phi) is 5.75. The van der Waals surface area contributed by atoms with E-state index < -0.39 is 35.7 Å². The summed E-state index contributed by atoms with van der Waals surface area (Å²) in [5, 5.41) is 6.78. The van der Waals surface area contributed by atoms with Crippen LogP contribution in [0.25, 0.3) is 17.2 Å². The lowest BCUT2D eigenvalue weighted by Crippen LogP contribution is -2.38. The normalized spacial score (nSPS) is 19.2. The van der Waals surface area contributed by atoms with Crippen LogP contribution in [0.15, 0.2) is 36.8 Å². The van der Waals surface area contributed by atoms with Crippen LogP contribution in [0.1, 0.15) is 48.1 Å². The van der Waals surface area contributed by atoms with Crippen molar-refractivity contribution in [3.05, 3.63) is 59.2 Å². The molecule has 4 heterocycles. The van der Waals surface area contributed by atoms with Gasteiger partial charge in [0.05, 0.1) is 23.0 Å². The first kappa shape index (κ1) is 26.0. The number of aryl methyl sites for hydroxylation is 1. The Morgan fingerprint density at radius 1 is 1.05 bits per heavy atom. The minimum Gasteiger partial charge on any atom is -0.383 e. The number of hydrogen-bond donors (Lipinski definition) is 2. The zero-order chi connectivity index (χ0) is 28.4. The molecule has 1 aliphatic carbocycles. The summed E-state index contributed by atoms with van der Waals surface area (Å²) < 4.78 is 79.0. The quantitative estimate of drug-likeness (QED) is 0.326. The highest BCUT2D eigenvalue weighted by molar-refractivity contribution is 6.10. The minimum atomic E-state index is -4.54. The van der Waals surface area contributed by atoms with E-state index in [9.17, 15) is 31.1 Å². The number of carbonyl (C=O) groups is 1. The third kappa shape index (κ3) is 4.29. The molecular formula is C25H20F6N8O. The van der Waals surface area contributed by atoms with Crippen LogP contribution in [0.3, 0.4) is 0 Å². The number of hydrogen-bond acceptors (Lipinski definition) is 7. The first-order valence-electron chi connectivity index (χ1n) is 12.3. The largest absolute Gasteiger partial charge is 0.416 e. The highest BCUT2D eigenvalue weighted by Gasteiger charge is 2.59. The highest BCUT2D eigenvalue weighted by atomic mass is 19.4. The molecule has 1 fully saturated rings. The van der Waals surface area contributed by atoms with Gasteiger partial charge in [-0.15, -0.1) is 0 Å². The van der Waals surface area contributed by atoms with Gasteiger partial charge in [0, 0.05) is 6.42 Å². The molecule has 1 saturated carbocycles. The molecule has 0 saturated heterocycles. The number of nitrogens with one attached hydrogen (secondary N) is 1. The number of carbonyl (C=O) groups excluding carboxylic acids is 1. The van der Waals surface area contributed by atoms with Crippen LogP contribution in [0, 0.1) is 5.92 Å². The van der Waals surface area contributed by atoms with E-state index in [2.05, 4.69) is 30.4 Å². The zero-order valence-electron chi connectivity index (χ0n) is 20.5. The summed E-state index contributed by atoms with van der Waals surface area (Å²) >= 11 is 0. The number of fused-ring (bicyclic) bond motifs is 2. The van der Waals surface area contributed by atoms with E-state index in [1.807, 2.05) is 0 Å². The van der Waals surface area contributed by atoms with Crippen molar-refractivity contribution < 1.29 is 31.1 Å². The van der Waals surface area contributed by atoms with Gasteiger partial charge in [-0.25, -0.2) is 24.5 Å². The Balaban J connectivity index is 1.42. The second kappa shape index (κ2) is 8.86. The molecule has 1 unspecified atom stereocenters. The van der Waals surface area contributed by atoms with E-state index in [1.54, 1.807) is 0 Å². The van der Waals surface area contributed by atoms with Gasteiger partial charge in [-0.05, 0) is 49.3 Å². The van der Waals surface area contributed by atoms with Gasteiger partial charge in [0.15, 0.2) is 11.5 Å². The number of nitrogens with two attached hydrogens (primary N) is 1. The Bertz CT molecular complexity index is 1630. The van der Waals surface area contributed by atoms with Crippen LogP contribution in [0.4, 0.5) is 38.0 Å². The molecule has 3 aromatic heterocycles. The second-order valence-electron chi connectivity index (χ2n) is 9.84. The van der Waals surface area contributed by atoms with E-state index in [-0.39, 0.29) is 58.8 Å². The van der Waals surface area contributed by atoms with Gasteiger partial charge in [-0.3, -0.25) is 4.79 Å². The third-order valence-electron chi connectivity index (χ3n) is 7.21. The van der Waals surface area contributed by atoms with Crippen LogP contribution >= 0.6 is 0 Å². The molecule has 1 atom stereocenters. The molecule has 0 spiro atoms. The van der Waals surface area contributed by atoms with E-state index >= 15 is 0 Å². The molecule has 15 heteroatoms. The predicted molar refractivity (Wildman–Crippen MR) is 129 cm³/mol. The Morgan fingerprint density at radius 2 is 1.77 bits per heavy atom. The highest BCUT2D eigenvalue weighted by Crippen LogP contribution is 2.57. The van der Waals surface area contributed by atoms with Crippen molar-refractivity contribution in [3.8, 4) is 11.5 Å². The standard InChI is InChI=1S/C25H20F6N8O/c26-23(27,28)9-1-2-15-21-33-11-34-39(21)10-16(35-15)19-36-18(32)17-20(37-19)38-22(40)24(17,12-3-4-12)13-5-7-14(8-6-13)25(29,30)31/h5-8,10-12H,1-4,9H2,(H3,32,36,37,38,40).